The first-order valence-corrected chi connectivity index (χ1v) is 1.89. The van der Waals surface area contributed by atoms with Crippen molar-refractivity contribution in [1.29, 1.82) is 0 Å². The Morgan fingerprint density at radius 3 is 0.769 bits per heavy atom. The van der Waals surface area contributed by atoms with Crippen LogP contribution in [0.4, 0.5) is 0 Å². The molecule has 0 saturated heterocycles. The minimum absolute atomic E-state index is 0. The van der Waals surface area contributed by atoms with E-state index < -0.39 is 0 Å². The van der Waals surface area contributed by atoms with E-state index in [0.29, 0.717) is 0 Å². The van der Waals surface area contributed by atoms with Crippen LogP contribution in [0.1, 0.15) is 0 Å². The topological polar surface area (TPSA) is 115 Å². The molecular weight excluding hydrogens is 233 g/mol. The molecule has 13 heteroatoms. The van der Waals surface area contributed by atoms with Crippen LogP contribution < -0.4 is 103 Å². The maximum Gasteiger partial charge on any atom is 1.00 e. The van der Waals surface area contributed by atoms with Crippen molar-refractivity contribution >= 4 is 29.4 Å². The third kappa shape index (κ3) is 54.5. The first kappa shape index (κ1) is 29.5. The Hall–Kier alpha value is 2.29. The number of hydrogen-bond acceptors (Lipinski definition) is 6. The Bertz CT molecular complexity index is 91.1. The molecule has 0 aliphatic carbocycles. The van der Waals surface area contributed by atoms with Crippen molar-refractivity contribution in [2.75, 3.05) is 0 Å². The summed E-state index contributed by atoms with van der Waals surface area (Å²) in [6.45, 7) is 0. The third-order valence-corrected chi connectivity index (χ3v) is 0.222. The molecule has 0 amide bonds. The summed E-state index contributed by atoms with van der Waals surface area (Å²) in [5, 5.41) is 0. The van der Waals surface area contributed by atoms with Crippen LogP contribution in [0.3, 0.4) is 0 Å². The maximum absolute atomic E-state index is 8.95. The van der Waals surface area contributed by atoms with E-state index in [2.05, 4.69) is 9.14 Å². The Morgan fingerprint density at radius 2 is 0.769 bits per heavy atom. The van der Waals surface area contributed by atoms with Crippen LogP contribution in [0, 0.1) is 0 Å². The van der Waals surface area contributed by atoms with Gasteiger partial charge in [0, 0.05) is 0 Å². The Morgan fingerprint density at radius 1 is 0.615 bits per heavy atom. The zero-order valence-corrected chi connectivity index (χ0v) is 13.4. The molecule has 0 atom stereocenters. The van der Waals surface area contributed by atoms with E-state index in [1.54, 1.807) is 0 Å². The van der Waals surface area contributed by atoms with E-state index in [-0.39, 0.29) is 138 Å². The first-order chi connectivity index (χ1) is 4.83. The van der Waals surface area contributed by atoms with Gasteiger partial charge in [0.1, 0.15) is 0 Å². The Labute approximate surface area is 162 Å². The van der Waals surface area contributed by atoms with Crippen molar-refractivity contribution < 1.29 is 136 Å². The van der Waals surface area contributed by atoms with E-state index in [0.717, 1.165) is 0 Å². The molecule has 0 rings (SSSR count). The van der Waals surface area contributed by atoms with Gasteiger partial charge < -0.3 is 5.48 Å². The van der Waals surface area contributed by atoms with Gasteiger partial charge in [-0.3, -0.25) is 0 Å². The summed E-state index contributed by atoms with van der Waals surface area (Å²) < 4.78 is 42.8. The van der Waals surface area contributed by atoms with Gasteiger partial charge in [-0.1, -0.05) is 0 Å². The average molecular weight is 233 g/mol. The Kier molecular flexibility index (Phi) is 83.3. The van der Waals surface area contributed by atoms with Crippen LogP contribution in [0.5, 0.6) is 0 Å². The Balaban J connectivity index is -0.0000000267. The van der Waals surface area contributed by atoms with E-state index in [9.17, 15) is 0 Å². The summed E-state index contributed by atoms with van der Waals surface area (Å²) in [5.41, 5.74) is 0. The molecule has 0 N–H and O–H groups in total. The van der Waals surface area contributed by atoms with Crippen molar-refractivity contribution in [3.63, 3.8) is 0 Å². The van der Waals surface area contributed by atoms with Gasteiger partial charge in [-0.2, -0.15) is 0 Å². The van der Waals surface area contributed by atoms with Gasteiger partial charge in [-0.25, -0.2) is 0 Å². The number of rotatable bonds is 4. The van der Waals surface area contributed by atoms with Crippen LogP contribution in [0.2, 0.25) is 0 Å². The van der Waals surface area contributed by atoms with Gasteiger partial charge >= 0.3 is 160 Å². The second kappa shape index (κ2) is 36.7. The quantitative estimate of drug-likeness (QED) is 0.445. The van der Waals surface area contributed by atoms with Gasteiger partial charge in [-0.15, -0.1) is 0 Å². The zero-order valence-electron chi connectivity index (χ0n) is 7.17. The molecule has 0 saturated carbocycles. The molecule has 7 nitrogen and oxygen atoms in total. The molecule has 0 aliphatic rings. The molecule has 0 radical (unpaired) electrons. The molecule has 56 valence electrons. The van der Waals surface area contributed by atoms with Crippen molar-refractivity contribution in [2.45, 2.75) is 0 Å². The second-order valence-corrected chi connectivity index (χ2v) is 0.657. The first-order valence-electron chi connectivity index (χ1n) is 1.89. The molecule has 0 aliphatic heterocycles. The largest absolute Gasteiger partial charge is 2.00 e. The predicted molar refractivity (Wildman–Crippen MR) is 28.6 cm³/mol. The van der Waals surface area contributed by atoms with E-state index >= 15 is 0 Å². The van der Waals surface area contributed by atoms with Crippen LogP contribution in [-0.2, 0) is 33.4 Å². The van der Waals surface area contributed by atoms with Crippen molar-refractivity contribution in [3.8, 4) is 0 Å². The molecule has 0 bridgehead atoms. The summed E-state index contributed by atoms with van der Waals surface area (Å²) in [7, 11) is 0.250. The molecular formula is B4K2O7. The number of hydrogen-bond donors (Lipinski definition) is 0. The van der Waals surface area contributed by atoms with Gasteiger partial charge in [-0.05, 0) is 0 Å². The van der Waals surface area contributed by atoms with Crippen molar-refractivity contribution in [2.24, 2.45) is 0 Å². The minimum Gasteiger partial charge on any atom is -2.00 e. The van der Waals surface area contributed by atoms with Gasteiger partial charge in [0.2, 0.25) is 0 Å². The minimum atomic E-state index is 0. The van der Waals surface area contributed by atoms with Crippen LogP contribution in [0.25, 0.3) is 0 Å². The molecule has 0 aromatic heterocycles. The van der Waals surface area contributed by atoms with Gasteiger partial charge in [0.05, 0.1) is 0 Å². The fourth-order valence-electron chi connectivity index (χ4n) is 0.0454. The SMILES string of the molecule is O=BOB=O.O=BOB=O.[K+].[K+].[O-2]. The molecule has 0 spiro atoms. The molecule has 0 aromatic carbocycles. The molecule has 0 fully saturated rings. The van der Waals surface area contributed by atoms with Crippen LogP contribution in [0.15, 0.2) is 0 Å². The monoisotopic (exact) mass is 234 g/mol. The summed E-state index contributed by atoms with van der Waals surface area (Å²) in [5.74, 6) is 0. The predicted octanol–water partition coefficient (Wildman–Crippen LogP) is -8.25. The standard InChI is InChI=1S/2B2O3.2K.O/c2*3-1-5-2-4;;;/q;;2*+1;-2. The fourth-order valence-corrected chi connectivity index (χ4v) is 0.0454. The van der Waals surface area contributed by atoms with E-state index in [1.807, 2.05) is 0 Å². The summed E-state index contributed by atoms with van der Waals surface area (Å²) >= 11 is 0. The van der Waals surface area contributed by atoms with Crippen molar-refractivity contribution in [1.82, 2.24) is 0 Å². The summed E-state index contributed by atoms with van der Waals surface area (Å²) in [6.07, 6.45) is 0. The molecule has 0 heterocycles. The zero-order chi connectivity index (χ0) is 8.24. The van der Waals surface area contributed by atoms with Gasteiger partial charge in [0.25, 0.3) is 0 Å². The fraction of sp³-hybridized carbons (Fsp3) is 0. The molecule has 13 heavy (non-hydrogen) atoms. The average Bonchev–Trinajstić information content (AvgIpc) is 1.93. The van der Waals surface area contributed by atoms with E-state index in [4.69, 9.17) is 18.8 Å². The maximum atomic E-state index is 8.95. The van der Waals surface area contributed by atoms with Crippen LogP contribution >= 0.6 is 0 Å². The van der Waals surface area contributed by atoms with Gasteiger partial charge in [0.15, 0.2) is 0 Å². The van der Waals surface area contributed by atoms with E-state index in [1.165, 1.54) is 0 Å². The summed E-state index contributed by atoms with van der Waals surface area (Å²) in [6, 6.07) is 0. The van der Waals surface area contributed by atoms with Crippen LogP contribution in [-0.4, -0.2) is 29.4 Å². The second-order valence-electron chi connectivity index (χ2n) is 0.657. The normalized spacial score (nSPS) is 3.08. The molecule has 0 aromatic rings. The third-order valence-electron chi connectivity index (χ3n) is 0.222. The molecule has 0 unspecified atom stereocenters. The van der Waals surface area contributed by atoms with Crippen molar-refractivity contribution in [3.05, 3.63) is 0 Å². The smallest absolute Gasteiger partial charge is 1.00 e. The summed E-state index contributed by atoms with van der Waals surface area (Å²) in [4.78, 5) is 0.